The molecule has 8 nitrogen and oxygen atoms in total. The summed E-state index contributed by atoms with van der Waals surface area (Å²) < 4.78 is 31.2. The molecule has 0 saturated carbocycles. The van der Waals surface area contributed by atoms with Crippen LogP contribution in [0, 0.1) is 0 Å². The highest BCUT2D eigenvalue weighted by Crippen LogP contribution is 2.20. The quantitative estimate of drug-likeness (QED) is 0.863. The lowest BCUT2D eigenvalue weighted by molar-refractivity contribution is 0.0489. The number of aromatic amines is 1. The number of carbonyl (C=O) groups is 1. The molecule has 2 rings (SSSR count). The zero-order valence-electron chi connectivity index (χ0n) is 13.0. The molecule has 0 atom stereocenters. The van der Waals surface area contributed by atoms with Crippen LogP contribution >= 0.6 is 0 Å². The molecule has 0 aromatic carbocycles. The SMILES string of the molecule is CC(C)(C)OC(=O)NC1CCN(S(=O)(=O)c2cn[nH]c2)CC1. The minimum absolute atomic E-state index is 0.0781. The van der Waals surface area contributed by atoms with Crippen molar-refractivity contribution in [3.63, 3.8) is 0 Å². The smallest absolute Gasteiger partial charge is 0.407 e. The summed E-state index contributed by atoms with van der Waals surface area (Å²) in [5.41, 5.74) is -0.546. The van der Waals surface area contributed by atoms with Crippen LogP contribution in [-0.2, 0) is 14.8 Å². The Labute approximate surface area is 130 Å². The van der Waals surface area contributed by atoms with Crippen molar-refractivity contribution in [2.45, 2.75) is 50.2 Å². The predicted octanol–water partition coefficient (Wildman–Crippen LogP) is 1.09. The average Bonchev–Trinajstić information content (AvgIpc) is 2.91. The van der Waals surface area contributed by atoms with Gasteiger partial charge in [-0.3, -0.25) is 5.10 Å². The molecule has 1 saturated heterocycles. The first-order valence-electron chi connectivity index (χ1n) is 7.17. The summed E-state index contributed by atoms with van der Waals surface area (Å²) in [4.78, 5) is 11.9. The minimum atomic E-state index is -3.50. The van der Waals surface area contributed by atoms with Crippen molar-refractivity contribution in [1.82, 2.24) is 19.8 Å². The van der Waals surface area contributed by atoms with Gasteiger partial charge in [0.05, 0.1) is 6.20 Å². The second kappa shape index (κ2) is 6.25. The molecule has 1 amide bonds. The Morgan fingerprint density at radius 1 is 1.41 bits per heavy atom. The van der Waals surface area contributed by atoms with E-state index in [1.54, 1.807) is 20.8 Å². The third-order valence-corrected chi connectivity index (χ3v) is 5.15. The van der Waals surface area contributed by atoms with Crippen molar-refractivity contribution < 1.29 is 17.9 Å². The van der Waals surface area contributed by atoms with E-state index in [9.17, 15) is 13.2 Å². The third kappa shape index (κ3) is 4.20. The maximum absolute atomic E-state index is 12.3. The van der Waals surface area contributed by atoms with Crippen LogP contribution in [0.4, 0.5) is 4.79 Å². The molecule has 2 N–H and O–H groups in total. The van der Waals surface area contributed by atoms with Crippen molar-refractivity contribution in [3.8, 4) is 0 Å². The summed E-state index contributed by atoms with van der Waals surface area (Å²) >= 11 is 0. The number of H-pyrrole nitrogens is 1. The van der Waals surface area contributed by atoms with Gasteiger partial charge in [0, 0.05) is 25.3 Å². The van der Waals surface area contributed by atoms with E-state index < -0.39 is 21.7 Å². The molecular weight excluding hydrogens is 308 g/mol. The van der Waals surface area contributed by atoms with Gasteiger partial charge in [-0.2, -0.15) is 9.40 Å². The molecule has 1 fully saturated rings. The number of aromatic nitrogens is 2. The molecule has 0 bridgehead atoms. The minimum Gasteiger partial charge on any atom is -0.444 e. The Morgan fingerprint density at radius 3 is 2.55 bits per heavy atom. The van der Waals surface area contributed by atoms with Gasteiger partial charge in [-0.25, -0.2) is 13.2 Å². The summed E-state index contributed by atoms with van der Waals surface area (Å²) in [7, 11) is -3.50. The Bertz CT molecular complexity index is 598. The number of amides is 1. The molecule has 1 aliphatic rings. The number of carbonyl (C=O) groups excluding carboxylic acids is 1. The van der Waals surface area contributed by atoms with Gasteiger partial charge in [-0.15, -0.1) is 0 Å². The van der Waals surface area contributed by atoms with E-state index >= 15 is 0 Å². The van der Waals surface area contributed by atoms with Crippen LogP contribution in [0.3, 0.4) is 0 Å². The summed E-state index contributed by atoms with van der Waals surface area (Å²) in [6.07, 6.45) is 3.29. The van der Waals surface area contributed by atoms with Crippen molar-refractivity contribution in [2.75, 3.05) is 13.1 Å². The zero-order chi connectivity index (χ0) is 16.4. The maximum Gasteiger partial charge on any atom is 0.407 e. The molecule has 2 heterocycles. The van der Waals surface area contributed by atoms with E-state index in [-0.39, 0.29) is 10.9 Å². The summed E-state index contributed by atoms with van der Waals surface area (Å²) in [6.45, 7) is 6.11. The second-order valence-corrected chi connectivity index (χ2v) is 8.20. The first-order valence-corrected chi connectivity index (χ1v) is 8.61. The molecule has 124 valence electrons. The van der Waals surface area contributed by atoms with Gasteiger partial charge >= 0.3 is 6.09 Å². The molecule has 1 aromatic rings. The van der Waals surface area contributed by atoms with Gasteiger partial charge in [0.25, 0.3) is 0 Å². The van der Waals surface area contributed by atoms with Gasteiger partial charge in [-0.1, -0.05) is 0 Å². The van der Waals surface area contributed by atoms with Gasteiger partial charge in [0.2, 0.25) is 10.0 Å². The van der Waals surface area contributed by atoms with Crippen LogP contribution in [0.1, 0.15) is 33.6 Å². The van der Waals surface area contributed by atoms with Gasteiger partial charge in [0.15, 0.2) is 0 Å². The number of nitrogens with zero attached hydrogens (tertiary/aromatic N) is 2. The van der Waals surface area contributed by atoms with E-state index in [0.717, 1.165) is 0 Å². The maximum atomic E-state index is 12.3. The number of alkyl carbamates (subject to hydrolysis) is 1. The first-order chi connectivity index (χ1) is 10.2. The molecule has 0 radical (unpaired) electrons. The van der Waals surface area contributed by atoms with Crippen molar-refractivity contribution in [1.29, 1.82) is 0 Å². The summed E-state index contributed by atoms with van der Waals surface area (Å²) in [6, 6.07) is -0.0781. The Morgan fingerprint density at radius 2 is 2.05 bits per heavy atom. The second-order valence-electron chi connectivity index (χ2n) is 6.26. The average molecular weight is 330 g/mol. The Hall–Kier alpha value is -1.61. The molecule has 1 aliphatic heterocycles. The van der Waals surface area contributed by atoms with Crippen LogP contribution in [0.15, 0.2) is 17.3 Å². The molecular formula is C13H22N4O4S. The third-order valence-electron chi connectivity index (χ3n) is 3.29. The zero-order valence-corrected chi connectivity index (χ0v) is 13.8. The number of nitrogens with one attached hydrogen (secondary N) is 2. The number of rotatable bonds is 3. The number of hydrogen-bond acceptors (Lipinski definition) is 5. The molecule has 0 aliphatic carbocycles. The lowest BCUT2D eigenvalue weighted by Crippen LogP contribution is -2.47. The van der Waals surface area contributed by atoms with E-state index in [1.807, 2.05) is 0 Å². The fraction of sp³-hybridized carbons (Fsp3) is 0.692. The summed E-state index contributed by atoms with van der Waals surface area (Å²) in [5, 5.41) is 8.95. The largest absolute Gasteiger partial charge is 0.444 e. The molecule has 1 aromatic heterocycles. The first kappa shape index (κ1) is 16.8. The lowest BCUT2D eigenvalue weighted by atomic mass is 10.1. The van der Waals surface area contributed by atoms with E-state index in [2.05, 4.69) is 15.5 Å². The van der Waals surface area contributed by atoms with Gasteiger partial charge in [0.1, 0.15) is 10.5 Å². The predicted molar refractivity (Wildman–Crippen MR) is 79.7 cm³/mol. The number of piperidine rings is 1. The number of hydrogen-bond donors (Lipinski definition) is 2. The number of ether oxygens (including phenoxy) is 1. The highest BCUT2D eigenvalue weighted by atomic mass is 32.2. The van der Waals surface area contributed by atoms with Gasteiger partial charge in [-0.05, 0) is 33.6 Å². The molecule has 22 heavy (non-hydrogen) atoms. The summed E-state index contributed by atoms with van der Waals surface area (Å²) in [5.74, 6) is 0. The molecule has 0 unspecified atom stereocenters. The van der Waals surface area contributed by atoms with Crippen LogP contribution < -0.4 is 5.32 Å². The van der Waals surface area contributed by atoms with E-state index in [4.69, 9.17) is 4.74 Å². The van der Waals surface area contributed by atoms with Crippen LogP contribution in [-0.4, -0.2) is 53.7 Å². The van der Waals surface area contributed by atoms with Crippen molar-refractivity contribution in [3.05, 3.63) is 12.4 Å². The van der Waals surface area contributed by atoms with Gasteiger partial charge < -0.3 is 10.1 Å². The van der Waals surface area contributed by atoms with E-state index in [1.165, 1.54) is 16.7 Å². The van der Waals surface area contributed by atoms with Crippen molar-refractivity contribution >= 4 is 16.1 Å². The topological polar surface area (TPSA) is 104 Å². The highest BCUT2D eigenvalue weighted by Gasteiger charge is 2.31. The molecule has 9 heteroatoms. The van der Waals surface area contributed by atoms with Crippen LogP contribution in [0.25, 0.3) is 0 Å². The monoisotopic (exact) mass is 330 g/mol. The lowest BCUT2D eigenvalue weighted by Gasteiger charge is -2.31. The fourth-order valence-electron chi connectivity index (χ4n) is 2.24. The Balaban J connectivity index is 1.87. The normalized spacial score (nSPS) is 18.1. The highest BCUT2D eigenvalue weighted by molar-refractivity contribution is 7.89. The molecule has 0 spiro atoms. The number of sulfonamides is 1. The van der Waals surface area contributed by atoms with Crippen molar-refractivity contribution in [2.24, 2.45) is 0 Å². The van der Waals surface area contributed by atoms with Crippen LogP contribution in [0.5, 0.6) is 0 Å². The van der Waals surface area contributed by atoms with Crippen LogP contribution in [0.2, 0.25) is 0 Å². The fourth-order valence-corrected chi connectivity index (χ4v) is 3.62. The Kier molecular flexibility index (Phi) is 4.76. The standard InChI is InChI=1S/C13H22N4O4S/c1-13(2,3)21-12(18)16-10-4-6-17(7-5-10)22(19,20)11-8-14-15-9-11/h8-10H,4-7H2,1-3H3,(H,14,15)(H,16,18). The van der Waals surface area contributed by atoms with E-state index in [0.29, 0.717) is 25.9 Å².